The highest BCUT2D eigenvalue weighted by atomic mass is 19.1. The highest BCUT2D eigenvalue weighted by Crippen LogP contribution is 2.31. The van der Waals surface area contributed by atoms with Crippen LogP contribution in [0.25, 0.3) is 16.7 Å². The number of nitrogens with zero attached hydrogens (tertiary/aromatic N) is 6. The van der Waals surface area contributed by atoms with Crippen LogP contribution in [0.15, 0.2) is 48.9 Å². The van der Waals surface area contributed by atoms with E-state index < -0.39 is 12.3 Å². The zero-order valence-electron chi connectivity index (χ0n) is 14.4. The number of anilines is 1. The molecule has 0 aliphatic heterocycles. The zero-order chi connectivity index (χ0) is 19.0. The number of halogens is 1. The van der Waals surface area contributed by atoms with Crippen molar-refractivity contribution in [3.05, 3.63) is 66.0 Å². The van der Waals surface area contributed by atoms with Gasteiger partial charge < -0.3 is 10.8 Å². The molecule has 1 unspecified atom stereocenters. The van der Waals surface area contributed by atoms with Gasteiger partial charge in [0, 0.05) is 30.0 Å². The molecule has 3 aromatic heterocycles. The molecule has 0 amide bonds. The van der Waals surface area contributed by atoms with E-state index in [1.165, 1.54) is 10.9 Å². The van der Waals surface area contributed by atoms with Gasteiger partial charge in [-0.25, -0.2) is 24.0 Å². The predicted molar refractivity (Wildman–Crippen MR) is 96.6 cm³/mol. The third-order valence-corrected chi connectivity index (χ3v) is 4.32. The van der Waals surface area contributed by atoms with Crippen molar-refractivity contribution in [1.29, 1.82) is 0 Å². The van der Waals surface area contributed by atoms with E-state index >= 15 is 0 Å². The van der Waals surface area contributed by atoms with Crippen LogP contribution in [-0.2, 0) is 12.3 Å². The first-order valence-electron chi connectivity index (χ1n) is 8.17. The SMILES string of the molecule is CC(O)(c1ccc2c(CF)nn(-c3ccnc(N)n3)c2c1)c1ncccn1. The zero-order valence-corrected chi connectivity index (χ0v) is 14.4. The van der Waals surface area contributed by atoms with E-state index in [0.717, 1.165) is 0 Å². The summed E-state index contributed by atoms with van der Waals surface area (Å²) in [5.74, 6) is 0.742. The summed E-state index contributed by atoms with van der Waals surface area (Å²) >= 11 is 0. The molecular weight excluding hydrogens is 349 g/mol. The number of alkyl halides is 1. The Hall–Kier alpha value is -3.46. The summed E-state index contributed by atoms with van der Waals surface area (Å²) in [5, 5.41) is 15.9. The molecule has 0 saturated carbocycles. The molecule has 0 saturated heterocycles. The van der Waals surface area contributed by atoms with Crippen molar-refractivity contribution < 1.29 is 9.50 Å². The Kier molecular flexibility index (Phi) is 4.00. The molecule has 4 rings (SSSR count). The number of hydrogen-bond donors (Lipinski definition) is 2. The van der Waals surface area contributed by atoms with Crippen molar-refractivity contribution in [2.45, 2.75) is 19.2 Å². The van der Waals surface area contributed by atoms with Crippen molar-refractivity contribution in [1.82, 2.24) is 29.7 Å². The number of rotatable bonds is 4. The number of nitrogens with two attached hydrogens (primary N) is 1. The van der Waals surface area contributed by atoms with E-state index in [1.54, 1.807) is 49.6 Å². The number of aromatic nitrogens is 6. The standard InChI is InChI=1S/C18H16FN7O/c1-18(27,16-21-6-2-7-22-16)11-3-4-12-13(10-19)25-26(14(12)9-11)15-5-8-23-17(20)24-15/h2-9,27H,10H2,1H3,(H2,20,23,24). The average Bonchev–Trinajstić information content (AvgIpc) is 3.07. The highest BCUT2D eigenvalue weighted by Gasteiger charge is 2.29. The van der Waals surface area contributed by atoms with Crippen molar-refractivity contribution in [2.75, 3.05) is 5.73 Å². The Labute approximate surface area is 153 Å². The van der Waals surface area contributed by atoms with Crippen molar-refractivity contribution in [3.63, 3.8) is 0 Å². The summed E-state index contributed by atoms with van der Waals surface area (Å²) in [7, 11) is 0. The molecule has 4 aromatic rings. The van der Waals surface area contributed by atoms with Gasteiger partial charge in [0.25, 0.3) is 0 Å². The van der Waals surface area contributed by atoms with Crippen molar-refractivity contribution in [2.24, 2.45) is 0 Å². The average molecular weight is 365 g/mol. The van der Waals surface area contributed by atoms with Gasteiger partial charge >= 0.3 is 0 Å². The van der Waals surface area contributed by atoms with Crippen LogP contribution in [0.2, 0.25) is 0 Å². The molecule has 136 valence electrons. The fourth-order valence-corrected chi connectivity index (χ4v) is 2.92. The lowest BCUT2D eigenvalue weighted by Crippen LogP contribution is -2.25. The maximum atomic E-state index is 13.5. The molecule has 0 spiro atoms. The molecule has 27 heavy (non-hydrogen) atoms. The van der Waals surface area contributed by atoms with Crippen molar-refractivity contribution >= 4 is 16.9 Å². The molecule has 0 fully saturated rings. The van der Waals surface area contributed by atoms with Crippen LogP contribution in [0.3, 0.4) is 0 Å². The van der Waals surface area contributed by atoms with Gasteiger partial charge in [0.1, 0.15) is 18.0 Å². The number of aliphatic hydroxyl groups is 1. The largest absolute Gasteiger partial charge is 0.377 e. The van der Waals surface area contributed by atoms with Crippen molar-refractivity contribution in [3.8, 4) is 5.82 Å². The minimum absolute atomic E-state index is 0.0822. The van der Waals surface area contributed by atoms with Crippen LogP contribution in [0.1, 0.15) is 24.0 Å². The Morgan fingerprint density at radius 2 is 1.93 bits per heavy atom. The van der Waals surface area contributed by atoms with Gasteiger partial charge in [0.2, 0.25) is 5.95 Å². The van der Waals surface area contributed by atoms with E-state index in [2.05, 4.69) is 25.0 Å². The van der Waals surface area contributed by atoms with Crippen LogP contribution in [0, 0.1) is 0 Å². The Morgan fingerprint density at radius 1 is 1.15 bits per heavy atom. The van der Waals surface area contributed by atoms with E-state index in [0.29, 0.717) is 22.3 Å². The summed E-state index contributed by atoms with van der Waals surface area (Å²) in [5.41, 5.74) is 5.60. The first-order valence-corrected chi connectivity index (χ1v) is 8.17. The maximum absolute atomic E-state index is 13.5. The first kappa shape index (κ1) is 17.0. The minimum Gasteiger partial charge on any atom is -0.377 e. The van der Waals surface area contributed by atoms with Gasteiger partial charge in [-0.3, -0.25) is 0 Å². The summed E-state index contributed by atoms with van der Waals surface area (Å²) in [4.78, 5) is 16.3. The summed E-state index contributed by atoms with van der Waals surface area (Å²) in [6.07, 6.45) is 4.62. The normalized spacial score (nSPS) is 13.6. The van der Waals surface area contributed by atoms with E-state index in [1.807, 2.05) is 0 Å². The van der Waals surface area contributed by atoms with Crippen LogP contribution in [0.4, 0.5) is 10.3 Å². The predicted octanol–water partition coefficient (Wildman–Crippen LogP) is 1.91. The number of hydrogen-bond acceptors (Lipinski definition) is 7. The Morgan fingerprint density at radius 3 is 2.63 bits per heavy atom. The molecule has 1 atom stereocenters. The molecule has 3 N–H and O–H groups in total. The molecule has 3 heterocycles. The molecular formula is C18H16FN7O. The first-order chi connectivity index (χ1) is 13.0. The van der Waals surface area contributed by atoms with Crippen LogP contribution in [0.5, 0.6) is 0 Å². The second-order valence-corrected chi connectivity index (χ2v) is 6.14. The maximum Gasteiger partial charge on any atom is 0.221 e. The summed E-state index contributed by atoms with van der Waals surface area (Å²) in [6, 6.07) is 8.43. The van der Waals surface area contributed by atoms with Gasteiger partial charge in [0.05, 0.1) is 5.52 Å². The van der Waals surface area contributed by atoms with Gasteiger partial charge in [-0.05, 0) is 24.6 Å². The fourth-order valence-electron chi connectivity index (χ4n) is 2.92. The Bertz CT molecular complexity index is 1110. The van der Waals surface area contributed by atoms with Crippen LogP contribution in [-0.4, -0.2) is 34.8 Å². The molecule has 1 aromatic carbocycles. The summed E-state index contributed by atoms with van der Waals surface area (Å²) < 4.78 is 14.9. The molecule has 8 nitrogen and oxygen atoms in total. The lowest BCUT2D eigenvalue weighted by Gasteiger charge is -2.22. The molecule has 9 heteroatoms. The molecule has 0 bridgehead atoms. The molecule has 0 aliphatic rings. The lowest BCUT2D eigenvalue weighted by atomic mass is 9.94. The lowest BCUT2D eigenvalue weighted by molar-refractivity contribution is 0.0922. The second kappa shape index (κ2) is 6.36. The third kappa shape index (κ3) is 2.87. The monoisotopic (exact) mass is 365 g/mol. The number of benzene rings is 1. The highest BCUT2D eigenvalue weighted by molar-refractivity contribution is 5.84. The molecule has 0 radical (unpaired) electrons. The van der Waals surface area contributed by atoms with Crippen LogP contribution < -0.4 is 5.73 Å². The van der Waals surface area contributed by atoms with Crippen LogP contribution >= 0.6 is 0 Å². The van der Waals surface area contributed by atoms with Gasteiger partial charge in [-0.15, -0.1) is 0 Å². The van der Waals surface area contributed by atoms with E-state index in [4.69, 9.17) is 5.73 Å². The smallest absolute Gasteiger partial charge is 0.221 e. The van der Waals surface area contributed by atoms with Gasteiger partial charge in [0.15, 0.2) is 11.6 Å². The van der Waals surface area contributed by atoms with Gasteiger partial charge in [-0.1, -0.05) is 12.1 Å². The third-order valence-electron chi connectivity index (χ3n) is 4.32. The fraction of sp³-hybridized carbons (Fsp3) is 0.167. The van der Waals surface area contributed by atoms with Gasteiger partial charge in [-0.2, -0.15) is 10.1 Å². The number of nitrogen functional groups attached to an aromatic ring is 1. The Balaban J connectivity index is 1.92. The minimum atomic E-state index is -1.44. The summed E-state index contributed by atoms with van der Waals surface area (Å²) in [6.45, 7) is 0.866. The quantitative estimate of drug-likeness (QED) is 0.567. The van der Waals surface area contributed by atoms with E-state index in [-0.39, 0.29) is 17.5 Å². The number of fused-ring (bicyclic) bond motifs is 1. The topological polar surface area (TPSA) is 116 Å². The van der Waals surface area contributed by atoms with E-state index in [9.17, 15) is 9.50 Å². The second-order valence-electron chi connectivity index (χ2n) is 6.14. The molecule has 0 aliphatic carbocycles.